The van der Waals surface area contributed by atoms with E-state index < -0.39 is 0 Å². The van der Waals surface area contributed by atoms with Crippen molar-refractivity contribution in [3.63, 3.8) is 0 Å². The maximum absolute atomic E-state index is 5.74. The minimum absolute atomic E-state index is 0.210. The van der Waals surface area contributed by atoms with Crippen LogP contribution in [-0.2, 0) is 0 Å². The van der Waals surface area contributed by atoms with Gasteiger partial charge >= 0.3 is 0 Å². The maximum atomic E-state index is 5.74. The van der Waals surface area contributed by atoms with Crippen LogP contribution in [0.1, 0.15) is 38.9 Å². The Morgan fingerprint density at radius 3 is 2.79 bits per heavy atom. The average molecular weight is 265 g/mol. The molecule has 0 saturated heterocycles. The Labute approximate surface area is 116 Å². The lowest BCUT2D eigenvalue weighted by molar-refractivity contribution is 0.689. The van der Waals surface area contributed by atoms with Crippen molar-refractivity contribution in [3.05, 3.63) is 11.9 Å². The molecule has 0 amide bonds. The molecule has 0 bridgehead atoms. The van der Waals surface area contributed by atoms with E-state index in [4.69, 9.17) is 5.73 Å². The van der Waals surface area contributed by atoms with Crippen molar-refractivity contribution in [1.82, 2.24) is 9.97 Å². The molecule has 0 aliphatic rings. The monoisotopic (exact) mass is 265 g/mol. The van der Waals surface area contributed by atoms with Crippen LogP contribution >= 0.6 is 0 Å². The highest BCUT2D eigenvalue weighted by atomic mass is 15.2. The molecule has 0 radical (unpaired) electrons. The van der Waals surface area contributed by atoms with Crippen molar-refractivity contribution in [2.45, 2.75) is 46.1 Å². The Morgan fingerprint density at radius 2 is 2.16 bits per heavy atom. The van der Waals surface area contributed by atoms with Crippen LogP contribution in [0.2, 0.25) is 0 Å². The van der Waals surface area contributed by atoms with Gasteiger partial charge in [-0.25, -0.2) is 9.97 Å². The Balaban J connectivity index is 2.65. The summed E-state index contributed by atoms with van der Waals surface area (Å²) in [6, 6.07) is 2.21. The van der Waals surface area contributed by atoms with Crippen LogP contribution < -0.4 is 16.0 Å². The molecule has 1 heterocycles. The fourth-order valence-corrected chi connectivity index (χ4v) is 1.78. The summed E-state index contributed by atoms with van der Waals surface area (Å²) in [6.45, 7) is 7.99. The number of anilines is 2. The molecule has 3 N–H and O–H groups in total. The van der Waals surface area contributed by atoms with Crippen LogP contribution in [0, 0.1) is 6.92 Å². The van der Waals surface area contributed by atoms with Gasteiger partial charge in [-0.15, -0.1) is 0 Å². The summed E-state index contributed by atoms with van der Waals surface area (Å²) in [6.07, 6.45) is 3.30. The number of nitrogens with one attached hydrogen (secondary N) is 1. The minimum Gasteiger partial charge on any atom is -0.370 e. The highest BCUT2D eigenvalue weighted by molar-refractivity contribution is 5.48. The van der Waals surface area contributed by atoms with E-state index in [1.807, 2.05) is 19.9 Å². The predicted octanol–water partition coefficient (Wildman–Crippen LogP) is 2.17. The first-order valence-electron chi connectivity index (χ1n) is 7.09. The number of hydrogen-bond donors (Lipinski definition) is 2. The molecule has 19 heavy (non-hydrogen) atoms. The number of aryl methyl sites for hydroxylation is 1. The van der Waals surface area contributed by atoms with Crippen LogP contribution in [0.15, 0.2) is 6.07 Å². The van der Waals surface area contributed by atoms with Gasteiger partial charge < -0.3 is 16.0 Å². The van der Waals surface area contributed by atoms with Gasteiger partial charge in [-0.05, 0) is 26.7 Å². The van der Waals surface area contributed by atoms with E-state index in [-0.39, 0.29) is 6.04 Å². The highest BCUT2D eigenvalue weighted by Gasteiger charge is 2.06. The van der Waals surface area contributed by atoms with Crippen molar-refractivity contribution in [2.24, 2.45) is 5.73 Å². The smallest absolute Gasteiger partial charge is 0.134 e. The second-order valence-corrected chi connectivity index (χ2v) is 5.13. The zero-order valence-electron chi connectivity index (χ0n) is 12.6. The van der Waals surface area contributed by atoms with Gasteiger partial charge in [-0.2, -0.15) is 0 Å². The van der Waals surface area contributed by atoms with Gasteiger partial charge in [0.2, 0.25) is 0 Å². The molecule has 108 valence electrons. The number of rotatable bonds is 8. The molecule has 0 fully saturated rings. The van der Waals surface area contributed by atoms with Crippen LogP contribution in [0.5, 0.6) is 0 Å². The van der Waals surface area contributed by atoms with Crippen LogP contribution in [-0.4, -0.2) is 36.1 Å². The van der Waals surface area contributed by atoms with Gasteiger partial charge in [0.1, 0.15) is 17.5 Å². The first kappa shape index (κ1) is 15.7. The largest absolute Gasteiger partial charge is 0.370 e. The molecule has 5 nitrogen and oxygen atoms in total. The van der Waals surface area contributed by atoms with E-state index in [9.17, 15) is 0 Å². The Bertz CT molecular complexity index is 378. The molecule has 0 aliphatic carbocycles. The van der Waals surface area contributed by atoms with E-state index >= 15 is 0 Å². The van der Waals surface area contributed by atoms with Crippen molar-refractivity contribution in [1.29, 1.82) is 0 Å². The zero-order valence-corrected chi connectivity index (χ0v) is 12.6. The van der Waals surface area contributed by atoms with Gasteiger partial charge in [0.15, 0.2) is 0 Å². The van der Waals surface area contributed by atoms with Gasteiger partial charge in [-0.3, -0.25) is 0 Å². The zero-order chi connectivity index (χ0) is 14.3. The summed E-state index contributed by atoms with van der Waals surface area (Å²) >= 11 is 0. The van der Waals surface area contributed by atoms with Crippen molar-refractivity contribution in [3.8, 4) is 0 Å². The predicted molar refractivity (Wildman–Crippen MR) is 81.7 cm³/mol. The Kier molecular flexibility index (Phi) is 6.56. The van der Waals surface area contributed by atoms with E-state index in [0.717, 1.165) is 37.0 Å². The molecule has 0 aromatic carbocycles. The minimum atomic E-state index is 0.210. The normalized spacial score (nSPS) is 12.3. The third-order valence-electron chi connectivity index (χ3n) is 2.97. The van der Waals surface area contributed by atoms with Crippen LogP contribution in [0.25, 0.3) is 0 Å². The SMILES string of the molecule is CCCCN(C)c1cc(NCCC(C)N)nc(C)n1. The molecule has 1 aromatic heterocycles. The first-order valence-corrected chi connectivity index (χ1v) is 7.09. The molecule has 0 spiro atoms. The van der Waals surface area contributed by atoms with Crippen molar-refractivity contribution >= 4 is 11.6 Å². The van der Waals surface area contributed by atoms with Gasteiger partial charge in [-0.1, -0.05) is 13.3 Å². The summed E-state index contributed by atoms with van der Waals surface area (Å²) in [4.78, 5) is 11.1. The fraction of sp³-hybridized carbons (Fsp3) is 0.714. The van der Waals surface area contributed by atoms with Gasteiger partial charge in [0, 0.05) is 32.2 Å². The number of aromatic nitrogens is 2. The van der Waals surface area contributed by atoms with Gasteiger partial charge in [0.05, 0.1) is 0 Å². The molecule has 1 unspecified atom stereocenters. The molecular weight excluding hydrogens is 238 g/mol. The lowest BCUT2D eigenvalue weighted by Crippen LogP contribution is -2.21. The molecule has 5 heteroatoms. The first-order chi connectivity index (χ1) is 9.02. The number of nitrogens with two attached hydrogens (primary N) is 1. The van der Waals surface area contributed by atoms with E-state index in [2.05, 4.69) is 34.2 Å². The lowest BCUT2D eigenvalue weighted by atomic mass is 10.2. The van der Waals surface area contributed by atoms with E-state index in [1.165, 1.54) is 12.8 Å². The second kappa shape index (κ2) is 7.94. The fourth-order valence-electron chi connectivity index (χ4n) is 1.78. The molecule has 1 rings (SSSR count). The summed E-state index contributed by atoms with van der Waals surface area (Å²) in [7, 11) is 2.07. The van der Waals surface area contributed by atoms with Crippen molar-refractivity contribution < 1.29 is 0 Å². The maximum Gasteiger partial charge on any atom is 0.134 e. The molecule has 1 aromatic rings. The Morgan fingerprint density at radius 1 is 1.42 bits per heavy atom. The second-order valence-electron chi connectivity index (χ2n) is 5.13. The molecular formula is C14H27N5. The number of unbranched alkanes of at least 4 members (excludes halogenated alkanes) is 1. The molecule has 1 atom stereocenters. The standard InChI is InChI=1S/C14H27N5/c1-5-6-9-19(4)14-10-13(17-12(3)18-14)16-8-7-11(2)15/h10-11H,5-9,15H2,1-4H3,(H,16,17,18). The summed E-state index contributed by atoms with van der Waals surface area (Å²) in [5.74, 6) is 2.65. The van der Waals surface area contributed by atoms with Crippen LogP contribution in [0.3, 0.4) is 0 Å². The number of hydrogen-bond acceptors (Lipinski definition) is 5. The number of nitrogens with zero attached hydrogens (tertiary/aromatic N) is 3. The Hall–Kier alpha value is -1.36. The highest BCUT2D eigenvalue weighted by Crippen LogP contribution is 2.15. The topological polar surface area (TPSA) is 67.1 Å². The molecule has 0 saturated carbocycles. The summed E-state index contributed by atoms with van der Waals surface area (Å²) in [5.41, 5.74) is 5.74. The van der Waals surface area contributed by atoms with Crippen molar-refractivity contribution in [2.75, 3.05) is 30.4 Å². The average Bonchev–Trinajstić information content (AvgIpc) is 2.34. The van der Waals surface area contributed by atoms with Crippen LogP contribution in [0.4, 0.5) is 11.6 Å². The lowest BCUT2D eigenvalue weighted by Gasteiger charge is -2.19. The molecule has 0 aliphatic heterocycles. The van der Waals surface area contributed by atoms with E-state index in [1.54, 1.807) is 0 Å². The summed E-state index contributed by atoms with van der Waals surface area (Å²) < 4.78 is 0. The van der Waals surface area contributed by atoms with Gasteiger partial charge in [0.25, 0.3) is 0 Å². The quantitative estimate of drug-likeness (QED) is 0.754. The third kappa shape index (κ3) is 5.87. The third-order valence-corrected chi connectivity index (χ3v) is 2.97. The summed E-state index contributed by atoms with van der Waals surface area (Å²) in [5, 5.41) is 3.31. The van der Waals surface area contributed by atoms with E-state index in [0.29, 0.717) is 0 Å².